The van der Waals surface area contributed by atoms with Crippen molar-refractivity contribution in [1.82, 2.24) is 14.8 Å². The Hall–Kier alpha value is -1.80. The molecule has 0 aliphatic heterocycles. The van der Waals surface area contributed by atoms with E-state index in [1.807, 2.05) is 0 Å². The summed E-state index contributed by atoms with van der Waals surface area (Å²) in [4.78, 5) is 22.1. The third-order valence-corrected chi connectivity index (χ3v) is 3.36. The van der Waals surface area contributed by atoms with Crippen LogP contribution in [0.1, 0.15) is 0 Å². The van der Waals surface area contributed by atoms with Crippen LogP contribution in [-0.2, 0) is 4.79 Å². The summed E-state index contributed by atoms with van der Waals surface area (Å²) >= 11 is 6.40. The average molecular weight is 304 g/mol. The molecular weight excluding hydrogens is 297 g/mol. The number of hydrogen-bond acceptors (Lipinski definition) is 4. The molecule has 1 heterocycles. The van der Waals surface area contributed by atoms with Gasteiger partial charge in [0.15, 0.2) is 5.16 Å². The fourth-order valence-corrected chi connectivity index (χ4v) is 2.16. The predicted molar refractivity (Wildman–Crippen MR) is 67.5 cm³/mol. The van der Waals surface area contributed by atoms with Crippen molar-refractivity contribution in [1.29, 1.82) is 0 Å². The van der Waals surface area contributed by atoms with Crippen LogP contribution in [0.5, 0.6) is 0 Å². The first kappa shape index (κ1) is 13.6. The van der Waals surface area contributed by atoms with Gasteiger partial charge in [0, 0.05) is 0 Å². The number of thioether (sulfide) groups is 1. The second-order valence-electron chi connectivity index (χ2n) is 3.43. The molecule has 6 nitrogen and oxygen atoms in total. The van der Waals surface area contributed by atoms with Crippen LogP contribution in [0, 0.1) is 5.82 Å². The quantitative estimate of drug-likeness (QED) is 0.836. The molecule has 0 radical (unpaired) electrons. The fraction of sp³-hybridized carbons (Fsp3) is 0.100. The first-order valence-corrected chi connectivity index (χ1v) is 6.33. The van der Waals surface area contributed by atoms with Gasteiger partial charge in [-0.25, -0.2) is 18.9 Å². The number of carboxylic acids is 1. The van der Waals surface area contributed by atoms with E-state index in [1.165, 1.54) is 12.1 Å². The topological polar surface area (TPSA) is 88.0 Å². The van der Waals surface area contributed by atoms with E-state index in [0.29, 0.717) is 0 Å². The van der Waals surface area contributed by atoms with Crippen LogP contribution in [0.15, 0.2) is 28.2 Å². The molecule has 1 aromatic carbocycles. The molecule has 1 aromatic heterocycles. The third-order valence-electron chi connectivity index (χ3n) is 2.13. The van der Waals surface area contributed by atoms with Crippen molar-refractivity contribution in [3.8, 4) is 5.69 Å². The second-order valence-corrected chi connectivity index (χ2v) is 4.78. The molecule has 0 saturated carbocycles. The lowest BCUT2D eigenvalue weighted by Crippen LogP contribution is -2.16. The molecule has 100 valence electrons. The Morgan fingerprint density at radius 3 is 2.95 bits per heavy atom. The highest BCUT2D eigenvalue weighted by Crippen LogP contribution is 2.21. The summed E-state index contributed by atoms with van der Waals surface area (Å²) in [6.45, 7) is 0. The Morgan fingerprint density at radius 2 is 2.32 bits per heavy atom. The Bertz CT molecular complexity index is 685. The van der Waals surface area contributed by atoms with Crippen LogP contribution in [0.25, 0.3) is 5.69 Å². The van der Waals surface area contributed by atoms with Gasteiger partial charge in [-0.05, 0) is 18.2 Å². The van der Waals surface area contributed by atoms with Gasteiger partial charge in [0.25, 0.3) is 0 Å². The summed E-state index contributed by atoms with van der Waals surface area (Å²) < 4.78 is 14.4. The number of aromatic amines is 1. The van der Waals surface area contributed by atoms with Crippen molar-refractivity contribution in [2.75, 3.05) is 5.75 Å². The maximum Gasteiger partial charge on any atom is 0.348 e. The maximum absolute atomic E-state index is 13.4. The van der Waals surface area contributed by atoms with Gasteiger partial charge in [-0.15, -0.1) is 5.10 Å². The number of aliphatic carboxylic acids is 1. The summed E-state index contributed by atoms with van der Waals surface area (Å²) in [7, 11) is 0. The van der Waals surface area contributed by atoms with Gasteiger partial charge in [-0.1, -0.05) is 23.4 Å². The Labute approximate surface area is 115 Å². The van der Waals surface area contributed by atoms with E-state index in [9.17, 15) is 14.0 Å². The van der Waals surface area contributed by atoms with Gasteiger partial charge in [0.05, 0.1) is 16.5 Å². The molecule has 0 aliphatic carbocycles. The zero-order chi connectivity index (χ0) is 14.0. The molecular formula is C10H7ClFN3O3S. The lowest BCUT2D eigenvalue weighted by atomic mass is 10.3. The van der Waals surface area contributed by atoms with E-state index in [0.717, 1.165) is 22.4 Å². The van der Waals surface area contributed by atoms with Crippen LogP contribution in [0.4, 0.5) is 4.39 Å². The second kappa shape index (κ2) is 5.45. The number of benzene rings is 1. The molecule has 2 aromatic rings. The van der Waals surface area contributed by atoms with Crippen LogP contribution >= 0.6 is 23.4 Å². The Balaban J connectivity index is 2.43. The summed E-state index contributed by atoms with van der Waals surface area (Å²) in [6, 6.07) is 3.81. The minimum Gasteiger partial charge on any atom is -0.481 e. The van der Waals surface area contributed by atoms with Crippen LogP contribution in [0.2, 0.25) is 5.02 Å². The highest BCUT2D eigenvalue weighted by molar-refractivity contribution is 7.99. The minimum absolute atomic E-state index is 0.0694. The number of carboxylic acid groups (broad SMARTS) is 1. The lowest BCUT2D eigenvalue weighted by molar-refractivity contribution is -0.133. The zero-order valence-corrected chi connectivity index (χ0v) is 10.8. The molecule has 0 atom stereocenters. The molecule has 0 fully saturated rings. The van der Waals surface area contributed by atoms with Gasteiger partial charge >= 0.3 is 11.7 Å². The number of H-pyrrole nitrogens is 1. The molecule has 9 heteroatoms. The summed E-state index contributed by atoms with van der Waals surface area (Å²) in [5.74, 6) is -1.99. The van der Waals surface area contributed by atoms with Crippen molar-refractivity contribution in [2.45, 2.75) is 5.16 Å². The van der Waals surface area contributed by atoms with E-state index in [2.05, 4.69) is 10.2 Å². The largest absolute Gasteiger partial charge is 0.481 e. The predicted octanol–water partition coefficient (Wildman–Crippen LogP) is 1.53. The normalized spacial score (nSPS) is 10.6. The lowest BCUT2D eigenvalue weighted by Gasteiger charge is -2.05. The molecule has 0 bridgehead atoms. The average Bonchev–Trinajstić information content (AvgIpc) is 2.71. The third kappa shape index (κ3) is 2.96. The van der Waals surface area contributed by atoms with E-state index < -0.39 is 17.5 Å². The van der Waals surface area contributed by atoms with Crippen LogP contribution in [0.3, 0.4) is 0 Å². The number of nitrogens with one attached hydrogen (secondary N) is 1. The number of aromatic nitrogens is 3. The molecule has 0 spiro atoms. The van der Waals surface area contributed by atoms with Gasteiger partial charge in [-0.2, -0.15) is 0 Å². The Kier molecular flexibility index (Phi) is 3.91. The summed E-state index contributed by atoms with van der Waals surface area (Å²) in [5.41, 5.74) is -0.372. The standard InChI is InChI=1S/C10H7ClFN3O3S/c11-6-2-1-5(3-7(6)12)15-9(18)13-14-10(15)19-4-8(16)17/h1-3H,4H2,(H,13,18)(H,16,17). The molecule has 2 N–H and O–H groups in total. The summed E-state index contributed by atoms with van der Waals surface area (Å²) in [5, 5.41) is 14.5. The smallest absolute Gasteiger partial charge is 0.348 e. The molecule has 0 aliphatic rings. The molecule has 0 saturated heterocycles. The van der Waals surface area contributed by atoms with Crippen LogP contribution < -0.4 is 5.69 Å². The van der Waals surface area contributed by atoms with Crippen molar-refractivity contribution in [3.05, 3.63) is 39.5 Å². The number of halogens is 2. The number of rotatable bonds is 4. The van der Waals surface area contributed by atoms with Gasteiger partial charge in [0.2, 0.25) is 0 Å². The van der Waals surface area contributed by atoms with Crippen LogP contribution in [-0.4, -0.2) is 31.6 Å². The molecule has 2 rings (SSSR count). The molecule has 0 unspecified atom stereocenters. The number of nitrogens with zero attached hydrogens (tertiary/aromatic N) is 2. The zero-order valence-electron chi connectivity index (χ0n) is 9.26. The number of carbonyl (C=O) groups is 1. The van der Waals surface area contributed by atoms with E-state index in [-0.39, 0.29) is 21.6 Å². The molecule has 0 amide bonds. The van der Waals surface area contributed by atoms with Crippen molar-refractivity contribution in [3.63, 3.8) is 0 Å². The van der Waals surface area contributed by atoms with E-state index >= 15 is 0 Å². The van der Waals surface area contributed by atoms with E-state index in [1.54, 1.807) is 0 Å². The van der Waals surface area contributed by atoms with Gasteiger partial charge < -0.3 is 5.11 Å². The van der Waals surface area contributed by atoms with Gasteiger partial charge in [0.1, 0.15) is 5.82 Å². The SMILES string of the molecule is O=C(O)CSc1n[nH]c(=O)n1-c1ccc(Cl)c(F)c1. The minimum atomic E-state index is -1.05. The van der Waals surface area contributed by atoms with Crippen molar-refractivity contribution >= 4 is 29.3 Å². The first-order chi connectivity index (χ1) is 8.99. The first-order valence-electron chi connectivity index (χ1n) is 4.96. The van der Waals surface area contributed by atoms with Crippen molar-refractivity contribution < 1.29 is 14.3 Å². The fourth-order valence-electron chi connectivity index (χ4n) is 1.36. The highest BCUT2D eigenvalue weighted by atomic mass is 35.5. The van der Waals surface area contributed by atoms with Crippen molar-refractivity contribution in [2.24, 2.45) is 0 Å². The Morgan fingerprint density at radius 1 is 1.58 bits per heavy atom. The maximum atomic E-state index is 13.4. The number of hydrogen-bond donors (Lipinski definition) is 2. The summed E-state index contributed by atoms with van der Waals surface area (Å²) in [6.07, 6.45) is 0. The molecule has 19 heavy (non-hydrogen) atoms. The van der Waals surface area contributed by atoms with Gasteiger partial charge in [-0.3, -0.25) is 4.79 Å². The van der Waals surface area contributed by atoms with E-state index in [4.69, 9.17) is 16.7 Å². The highest BCUT2D eigenvalue weighted by Gasteiger charge is 2.13. The monoisotopic (exact) mass is 303 g/mol.